The largest absolute Gasteiger partial charge is 0.429 e. The van der Waals surface area contributed by atoms with E-state index in [1.165, 1.54) is 23.3 Å². The van der Waals surface area contributed by atoms with Gasteiger partial charge in [-0.2, -0.15) is 0 Å². The second kappa shape index (κ2) is 11.4. The van der Waals surface area contributed by atoms with Crippen LogP contribution in [0.4, 0.5) is 0 Å². The molecule has 2 aliphatic heterocycles. The monoisotopic (exact) mass is 432 g/mol. The quantitative estimate of drug-likeness (QED) is 0.345. The summed E-state index contributed by atoms with van der Waals surface area (Å²) in [6.45, 7) is 7.98. The summed E-state index contributed by atoms with van der Waals surface area (Å²) in [5, 5.41) is 19.9. The van der Waals surface area contributed by atoms with Crippen molar-refractivity contribution in [2.75, 3.05) is 0 Å². The number of carbonyl (C=O) groups is 2. The molecular formula is C25H36O6. The summed E-state index contributed by atoms with van der Waals surface area (Å²) in [6.07, 6.45) is 13.0. The van der Waals surface area contributed by atoms with Crippen LogP contribution in [0.2, 0.25) is 0 Å². The van der Waals surface area contributed by atoms with Gasteiger partial charge in [-0.15, -0.1) is 0 Å². The van der Waals surface area contributed by atoms with Gasteiger partial charge in [0, 0.05) is 23.6 Å². The molecule has 0 aromatic heterocycles. The molecule has 0 fully saturated rings. The Morgan fingerprint density at radius 3 is 2.48 bits per heavy atom. The van der Waals surface area contributed by atoms with Crippen LogP contribution in [-0.2, 0) is 19.1 Å². The van der Waals surface area contributed by atoms with Crippen molar-refractivity contribution in [3.05, 3.63) is 46.6 Å². The topological polar surface area (TPSA) is 93.1 Å². The maximum Gasteiger partial charge on any atom is 0.336 e. The Morgan fingerprint density at radius 1 is 1.19 bits per heavy atom. The van der Waals surface area contributed by atoms with Gasteiger partial charge in [0.15, 0.2) is 0 Å². The predicted molar refractivity (Wildman–Crippen MR) is 119 cm³/mol. The molecule has 2 N–H and O–H groups in total. The summed E-state index contributed by atoms with van der Waals surface area (Å²) >= 11 is 0. The van der Waals surface area contributed by atoms with Crippen molar-refractivity contribution in [2.45, 2.75) is 91.1 Å². The molecular weight excluding hydrogens is 396 g/mol. The first-order valence-corrected chi connectivity index (χ1v) is 11.1. The molecule has 0 bridgehead atoms. The van der Waals surface area contributed by atoms with Crippen molar-refractivity contribution in [3.8, 4) is 0 Å². The molecule has 0 amide bonds. The van der Waals surface area contributed by atoms with E-state index in [0.717, 1.165) is 38.5 Å². The van der Waals surface area contributed by atoms with Gasteiger partial charge in [0.1, 0.15) is 0 Å². The zero-order valence-electron chi connectivity index (χ0n) is 19.1. The first kappa shape index (κ1) is 25.1. The normalized spacial score (nSPS) is 25.3. The Bertz CT molecular complexity index is 788. The van der Waals surface area contributed by atoms with Crippen molar-refractivity contribution >= 4 is 11.9 Å². The molecule has 0 saturated carbocycles. The van der Waals surface area contributed by atoms with Crippen molar-refractivity contribution < 1.29 is 29.3 Å². The SMILES string of the molecule is CC1=CC(O)(C[C@H](C)CCC/C(C)=C/CC/C(C)=C/CCC2=CC(=O)OC2O)OC1=O. The Balaban J connectivity index is 1.61. The van der Waals surface area contributed by atoms with Crippen molar-refractivity contribution in [2.24, 2.45) is 5.92 Å². The summed E-state index contributed by atoms with van der Waals surface area (Å²) in [6, 6.07) is 0. The predicted octanol–water partition coefficient (Wildman–Crippen LogP) is 4.63. The van der Waals surface area contributed by atoms with Gasteiger partial charge in [-0.25, -0.2) is 9.59 Å². The minimum absolute atomic E-state index is 0.257. The van der Waals surface area contributed by atoms with E-state index >= 15 is 0 Å². The van der Waals surface area contributed by atoms with Crippen LogP contribution in [0.25, 0.3) is 0 Å². The second-order valence-corrected chi connectivity index (χ2v) is 8.95. The summed E-state index contributed by atoms with van der Waals surface area (Å²) in [5.41, 5.74) is 3.76. The van der Waals surface area contributed by atoms with E-state index in [4.69, 9.17) is 4.74 Å². The fourth-order valence-electron chi connectivity index (χ4n) is 3.97. The van der Waals surface area contributed by atoms with Crippen LogP contribution in [-0.4, -0.2) is 34.2 Å². The number of aliphatic hydroxyl groups is 2. The molecule has 0 spiro atoms. The standard InChI is InChI=1S/C25H36O6/c1-17(10-6-12-19(3)15-25(29)16-20(4)23(27)31-25)8-5-9-18(2)11-7-13-21-14-22(26)30-24(21)28/h8,11,14,16,19,24,28-29H,5-7,9-10,12-13,15H2,1-4H3/b17-8+,18-11+/t19-,24?,25?/m1/s1. The Kier molecular flexibility index (Phi) is 9.26. The molecule has 6 heteroatoms. The molecule has 2 heterocycles. The first-order chi connectivity index (χ1) is 14.6. The molecule has 2 unspecified atom stereocenters. The minimum atomic E-state index is -1.44. The third kappa shape index (κ3) is 8.46. The number of esters is 2. The van der Waals surface area contributed by atoms with Crippen LogP contribution in [0.3, 0.4) is 0 Å². The number of carbonyl (C=O) groups excluding carboxylic acids is 2. The number of cyclic esters (lactones) is 2. The fraction of sp³-hybridized carbons (Fsp3) is 0.600. The highest BCUT2D eigenvalue weighted by atomic mass is 16.7. The number of ether oxygens (including phenoxy) is 2. The summed E-state index contributed by atoms with van der Waals surface area (Å²) in [7, 11) is 0. The van der Waals surface area contributed by atoms with Gasteiger partial charge >= 0.3 is 11.9 Å². The molecule has 2 rings (SSSR count). The van der Waals surface area contributed by atoms with Gasteiger partial charge in [-0.1, -0.05) is 36.6 Å². The Hall–Kier alpha value is -2.18. The second-order valence-electron chi connectivity index (χ2n) is 8.95. The van der Waals surface area contributed by atoms with Crippen LogP contribution in [0.5, 0.6) is 0 Å². The lowest BCUT2D eigenvalue weighted by atomic mass is 9.94. The number of aliphatic hydroxyl groups excluding tert-OH is 1. The molecule has 31 heavy (non-hydrogen) atoms. The fourth-order valence-corrected chi connectivity index (χ4v) is 3.97. The lowest BCUT2D eigenvalue weighted by Crippen LogP contribution is -2.30. The molecule has 0 radical (unpaired) electrons. The summed E-state index contributed by atoms with van der Waals surface area (Å²) in [5.74, 6) is -2.09. The molecule has 6 nitrogen and oxygen atoms in total. The van der Waals surface area contributed by atoms with E-state index in [9.17, 15) is 19.8 Å². The van der Waals surface area contributed by atoms with Gasteiger partial charge in [0.25, 0.3) is 0 Å². The number of hydrogen-bond acceptors (Lipinski definition) is 6. The van der Waals surface area contributed by atoms with Gasteiger partial charge in [-0.05, 0) is 71.3 Å². The average Bonchev–Trinajstić information content (AvgIpc) is 3.11. The Labute approximate surface area is 185 Å². The van der Waals surface area contributed by atoms with Gasteiger partial charge in [-0.3, -0.25) is 0 Å². The molecule has 3 atom stereocenters. The van der Waals surface area contributed by atoms with Crippen LogP contribution < -0.4 is 0 Å². The Morgan fingerprint density at radius 2 is 1.87 bits per heavy atom. The minimum Gasteiger partial charge on any atom is -0.429 e. The zero-order chi connectivity index (χ0) is 23.0. The van der Waals surface area contributed by atoms with Crippen LogP contribution in [0.15, 0.2) is 46.6 Å². The highest BCUT2D eigenvalue weighted by Crippen LogP contribution is 2.30. The highest BCUT2D eigenvalue weighted by Gasteiger charge is 2.37. The molecule has 172 valence electrons. The lowest BCUT2D eigenvalue weighted by molar-refractivity contribution is -0.183. The zero-order valence-corrected chi connectivity index (χ0v) is 19.1. The van der Waals surface area contributed by atoms with E-state index in [1.54, 1.807) is 6.92 Å². The molecule has 0 aromatic rings. The number of allylic oxidation sites excluding steroid dienone is 4. The van der Waals surface area contributed by atoms with Gasteiger partial charge < -0.3 is 19.7 Å². The first-order valence-electron chi connectivity index (χ1n) is 11.1. The van der Waals surface area contributed by atoms with E-state index < -0.39 is 24.0 Å². The third-order valence-corrected chi connectivity index (χ3v) is 5.75. The van der Waals surface area contributed by atoms with Crippen LogP contribution >= 0.6 is 0 Å². The molecule has 0 aromatic carbocycles. The molecule has 0 aliphatic carbocycles. The maximum absolute atomic E-state index is 11.5. The number of rotatable bonds is 12. The molecule has 2 aliphatic rings. The van der Waals surface area contributed by atoms with Crippen molar-refractivity contribution in [1.29, 1.82) is 0 Å². The van der Waals surface area contributed by atoms with Crippen LogP contribution in [0.1, 0.15) is 79.1 Å². The van der Waals surface area contributed by atoms with Gasteiger partial charge in [0.2, 0.25) is 12.1 Å². The van der Waals surface area contributed by atoms with Crippen molar-refractivity contribution in [1.82, 2.24) is 0 Å². The van der Waals surface area contributed by atoms with Gasteiger partial charge in [0.05, 0.1) is 0 Å². The van der Waals surface area contributed by atoms with E-state index in [2.05, 4.69) is 37.7 Å². The van der Waals surface area contributed by atoms with Crippen molar-refractivity contribution in [3.63, 3.8) is 0 Å². The average molecular weight is 433 g/mol. The maximum atomic E-state index is 11.5. The third-order valence-electron chi connectivity index (χ3n) is 5.75. The highest BCUT2D eigenvalue weighted by molar-refractivity contribution is 5.90. The van der Waals surface area contributed by atoms with E-state index in [0.29, 0.717) is 24.0 Å². The summed E-state index contributed by atoms with van der Waals surface area (Å²) < 4.78 is 9.75. The van der Waals surface area contributed by atoms with E-state index in [-0.39, 0.29) is 5.92 Å². The van der Waals surface area contributed by atoms with Crippen LogP contribution in [0, 0.1) is 5.92 Å². The lowest BCUT2D eigenvalue weighted by Gasteiger charge is -2.23. The number of hydrogen-bond donors (Lipinski definition) is 2. The summed E-state index contributed by atoms with van der Waals surface area (Å²) in [4.78, 5) is 22.6. The molecule has 0 saturated heterocycles. The van der Waals surface area contributed by atoms with E-state index in [1.807, 2.05) is 0 Å². The smallest absolute Gasteiger partial charge is 0.336 e.